The van der Waals surface area contributed by atoms with Gasteiger partial charge >= 0.3 is 0 Å². The highest BCUT2D eigenvalue weighted by molar-refractivity contribution is 6.32. The van der Waals surface area contributed by atoms with Gasteiger partial charge in [0.2, 0.25) is 5.88 Å². The van der Waals surface area contributed by atoms with Crippen molar-refractivity contribution >= 4 is 34.0 Å². The van der Waals surface area contributed by atoms with Gasteiger partial charge in [-0.05, 0) is 35.6 Å². The van der Waals surface area contributed by atoms with E-state index in [4.69, 9.17) is 22.1 Å². The Bertz CT molecular complexity index is 1200. The van der Waals surface area contributed by atoms with Gasteiger partial charge in [-0.1, -0.05) is 43.3 Å². The van der Waals surface area contributed by atoms with Crippen LogP contribution in [0.1, 0.15) is 35.3 Å². The number of ether oxygens (including phenoxy) is 1. The SMILES string of the molecule is C.Nc1nccc2cc(CCC(=O)c3cnc(OCc4cccnc4)c(Cl)c3)ccc12. The van der Waals surface area contributed by atoms with Crippen LogP contribution in [0.4, 0.5) is 5.82 Å². The molecule has 0 aliphatic heterocycles. The summed E-state index contributed by atoms with van der Waals surface area (Å²) in [6.45, 7) is 0.301. The second-order valence-electron chi connectivity index (χ2n) is 6.84. The summed E-state index contributed by atoms with van der Waals surface area (Å²) < 4.78 is 5.63. The lowest BCUT2D eigenvalue weighted by Gasteiger charge is -2.08. The first-order valence-electron chi connectivity index (χ1n) is 9.44. The number of hydrogen-bond donors (Lipinski definition) is 1. The van der Waals surface area contributed by atoms with E-state index in [9.17, 15) is 4.79 Å². The number of aryl methyl sites for hydroxylation is 1. The average Bonchev–Trinajstić information content (AvgIpc) is 2.77. The van der Waals surface area contributed by atoms with Gasteiger partial charge in [-0.15, -0.1) is 0 Å². The summed E-state index contributed by atoms with van der Waals surface area (Å²) >= 11 is 6.26. The van der Waals surface area contributed by atoms with Crippen molar-refractivity contribution in [3.63, 3.8) is 0 Å². The Kier molecular flexibility index (Phi) is 7.15. The van der Waals surface area contributed by atoms with Crippen LogP contribution in [0.5, 0.6) is 5.88 Å². The van der Waals surface area contributed by atoms with Crippen molar-refractivity contribution in [3.8, 4) is 5.88 Å². The molecule has 158 valence electrons. The van der Waals surface area contributed by atoms with Crippen molar-refractivity contribution in [2.45, 2.75) is 26.9 Å². The number of fused-ring (bicyclic) bond motifs is 1. The molecule has 3 aromatic heterocycles. The number of carbonyl (C=O) groups is 1. The Morgan fingerprint density at radius 2 is 1.90 bits per heavy atom. The molecule has 1 aromatic carbocycles. The summed E-state index contributed by atoms with van der Waals surface area (Å²) in [6.07, 6.45) is 7.54. The number of nitrogens with two attached hydrogens (primary N) is 1. The number of aromatic nitrogens is 3. The van der Waals surface area contributed by atoms with E-state index in [1.165, 1.54) is 6.20 Å². The van der Waals surface area contributed by atoms with E-state index < -0.39 is 0 Å². The maximum Gasteiger partial charge on any atom is 0.232 e. The Hall–Kier alpha value is -3.51. The molecule has 0 saturated heterocycles. The standard InChI is InChI=1S/C23H19ClN4O2.CH4/c24-20-11-18(13-28-23(20)30-14-16-2-1-8-26-12-16)21(29)6-4-15-3-5-19-17(10-15)7-9-27-22(19)25;/h1-3,5,7-13H,4,6,14H2,(H2,25,27);1H4. The molecule has 0 saturated carbocycles. The van der Waals surface area contributed by atoms with Crippen LogP contribution >= 0.6 is 11.6 Å². The van der Waals surface area contributed by atoms with Crippen molar-refractivity contribution in [2.75, 3.05) is 5.73 Å². The van der Waals surface area contributed by atoms with E-state index in [0.717, 1.165) is 21.9 Å². The van der Waals surface area contributed by atoms with Crippen molar-refractivity contribution < 1.29 is 9.53 Å². The molecule has 4 aromatic rings. The number of pyridine rings is 3. The molecule has 0 amide bonds. The molecule has 0 aliphatic rings. The van der Waals surface area contributed by atoms with Crippen LogP contribution in [0.3, 0.4) is 0 Å². The van der Waals surface area contributed by atoms with Gasteiger partial charge in [-0.2, -0.15) is 0 Å². The molecular formula is C24H23ClN4O2. The number of ketones is 1. The zero-order valence-electron chi connectivity index (χ0n) is 16.1. The third-order valence-corrected chi connectivity index (χ3v) is 5.00. The number of Topliss-reactive ketones (excluding diaryl/α,β-unsaturated/α-hetero) is 1. The molecule has 31 heavy (non-hydrogen) atoms. The van der Waals surface area contributed by atoms with Crippen molar-refractivity contribution in [1.29, 1.82) is 0 Å². The van der Waals surface area contributed by atoms with Gasteiger partial charge < -0.3 is 10.5 Å². The average molecular weight is 435 g/mol. The molecule has 4 rings (SSSR count). The van der Waals surface area contributed by atoms with Crippen LogP contribution in [0, 0.1) is 0 Å². The Balaban J connectivity index is 0.00000272. The molecule has 0 bridgehead atoms. The number of benzene rings is 1. The number of halogens is 1. The van der Waals surface area contributed by atoms with E-state index in [1.54, 1.807) is 24.7 Å². The summed E-state index contributed by atoms with van der Waals surface area (Å²) in [5.41, 5.74) is 8.31. The maximum atomic E-state index is 12.6. The first-order chi connectivity index (χ1) is 14.6. The van der Waals surface area contributed by atoms with Crippen LogP contribution in [0.25, 0.3) is 10.8 Å². The number of anilines is 1. The van der Waals surface area contributed by atoms with Crippen LogP contribution < -0.4 is 10.5 Å². The van der Waals surface area contributed by atoms with E-state index in [1.807, 2.05) is 36.4 Å². The molecule has 0 spiro atoms. The van der Waals surface area contributed by atoms with Gasteiger partial charge in [0, 0.05) is 47.7 Å². The van der Waals surface area contributed by atoms with Crippen LogP contribution in [-0.2, 0) is 13.0 Å². The van der Waals surface area contributed by atoms with Crippen molar-refractivity contribution in [1.82, 2.24) is 15.0 Å². The number of nitrogen functional groups attached to an aromatic ring is 1. The minimum atomic E-state index is -0.0300. The van der Waals surface area contributed by atoms with E-state index >= 15 is 0 Å². The fraction of sp³-hybridized carbons (Fsp3) is 0.167. The smallest absolute Gasteiger partial charge is 0.232 e. The van der Waals surface area contributed by atoms with Crippen LogP contribution in [0.15, 0.2) is 67.3 Å². The third kappa shape index (κ3) is 5.35. The highest BCUT2D eigenvalue weighted by Gasteiger charge is 2.12. The molecule has 0 atom stereocenters. The van der Waals surface area contributed by atoms with Gasteiger partial charge in [0.1, 0.15) is 17.4 Å². The fourth-order valence-corrected chi connectivity index (χ4v) is 3.35. The van der Waals surface area contributed by atoms with Crippen molar-refractivity contribution in [2.24, 2.45) is 0 Å². The summed E-state index contributed by atoms with van der Waals surface area (Å²) in [7, 11) is 0. The Morgan fingerprint density at radius 3 is 2.68 bits per heavy atom. The summed E-state index contributed by atoms with van der Waals surface area (Å²) in [6, 6.07) is 13.2. The fourth-order valence-electron chi connectivity index (χ4n) is 3.13. The summed E-state index contributed by atoms with van der Waals surface area (Å²) in [5.74, 6) is 0.761. The van der Waals surface area contributed by atoms with Gasteiger partial charge in [-0.25, -0.2) is 9.97 Å². The summed E-state index contributed by atoms with van der Waals surface area (Å²) in [4.78, 5) is 24.9. The van der Waals surface area contributed by atoms with Gasteiger partial charge in [0.25, 0.3) is 0 Å². The quantitative estimate of drug-likeness (QED) is 0.397. The second kappa shape index (κ2) is 10.00. The number of carbonyl (C=O) groups excluding carboxylic acids is 1. The minimum Gasteiger partial charge on any atom is -0.472 e. The Labute approximate surface area is 186 Å². The first kappa shape index (κ1) is 22.2. The maximum absolute atomic E-state index is 12.6. The topological polar surface area (TPSA) is 91.0 Å². The zero-order valence-corrected chi connectivity index (χ0v) is 16.8. The monoisotopic (exact) mass is 434 g/mol. The molecule has 0 radical (unpaired) electrons. The first-order valence-corrected chi connectivity index (χ1v) is 9.81. The predicted molar refractivity (Wildman–Crippen MR) is 123 cm³/mol. The summed E-state index contributed by atoms with van der Waals surface area (Å²) in [5, 5.41) is 2.22. The molecule has 6 nitrogen and oxygen atoms in total. The molecular weight excluding hydrogens is 412 g/mol. The van der Waals surface area contributed by atoms with E-state index in [-0.39, 0.29) is 19.1 Å². The van der Waals surface area contributed by atoms with Gasteiger partial charge in [-0.3, -0.25) is 9.78 Å². The van der Waals surface area contributed by atoms with E-state index in [0.29, 0.717) is 35.9 Å². The second-order valence-corrected chi connectivity index (χ2v) is 7.24. The lowest BCUT2D eigenvalue weighted by atomic mass is 10.0. The molecule has 0 aliphatic carbocycles. The minimum absolute atomic E-state index is 0. The van der Waals surface area contributed by atoms with Crippen molar-refractivity contribution in [3.05, 3.63) is 89.0 Å². The lowest BCUT2D eigenvalue weighted by Crippen LogP contribution is -2.04. The van der Waals surface area contributed by atoms with Crippen LogP contribution in [-0.4, -0.2) is 20.7 Å². The molecule has 2 N–H and O–H groups in total. The number of nitrogens with zero attached hydrogens (tertiary/aromatic N) is 3. The lowest BCUT2D eigenvalue weighted by molar-refractivity contribution is 0.0982. The highest BCUT2D eigenvalue weighted by atomic mass is 35.5. The number of rotatable bonds is 7. The number of hydrogen-bond acceptors (Lipinski definition) is 6. The largest absolute Gasteiger partial charge is 0.472 e. The third-order valence-electron chi connectivity index (χ3n) is 4.73. The highest BCUT2D eigenvalue weighted by Crippen LogP contribution is 2.25. The van der Waals surface area contributed by atoms with Gasteiger partial charge in [0.15, 0.2) is 5.78 Å². The molecule has 0 unspecified atom stereocenters. The molecule has 7 heteroatoms. The van der Waals surface area contributed by atoms with Gasteiger partial charge in [0.05, 0.1) is 0 Å². The van der Waals surface area contributed by atoms with E-state index in [2.05, 4.69) is 15.0 Å². The molecule has 0 fully saturated rings. The predicted octanol–water partition coefficient (Wildman–Crippen LogP) is 5.29. The van der Waals surface area contributed by atoms with Crippen LogP contribution in [0.2, 0.25) is 5.02 Å². The normalized spacial score (nSPS) is 10.5. The Morgan fingerprint density at radius 1 is 1.03 bits per heavy atom. The zero-order chi connectivity index (χ0) is 20.9. The molecule has 3 heterocycles.